The molecule has 0 aromatic heterocycles. The maximum Gasteiger partial charge on any atom is 0.323 e. The van der Waals surface area contributed by atoms with Crippen LogP contribution in [0.2, 0.25) is 0 Å². The molecule has 6 heteroatoms. The summed E-state index contributed by atoms with van der Waals surface area (Å²) in [5.74, 6) is -1.19. The number of likely N-dealkylation sites (tertiary alicyclic amines) is 1. The molecule has 1 N–H and O–H groups in total. The lowest BCUT2D eigenvalue weighted by Gasteiger charge is -2.32. The quantitative estimate of drug-likeness (QED) is 0.778. The second-order valence-electron chi connectivity index (χ2n) is 4.60. The second-order valence-corrected chi connectivity index (χ2v) is 4.60. The van der Waals surface area contributed by atoms with Gasteiger partial charge in [-0.25, -0.2) is 0 Å². The van der Waals surface area contributed by atoms with Crippen LogP contribution in [-0.2, 0) is 14.4 Å². The predicted octanol–water partition coefficient (Wildman–Crippen LogP) is 0.178. The van der Waals surface area contributed by atoms with Crippen molar-refractivity contribution in [2.75, 3.05) is 26.7 Å². The fourth-order valence-electron chi connectivity index (χ4n) is 2.19. The normalized spacial score (nSPS) is 16.4. The van der Waals surface area contributed by atoms with Gasteiger partial charge in [-0.05, 0) is 12.8 Å². The van der Waals surface area contributed by atoms with Crippen molar-refractivity contribution in [3.8, 4) is 0 Å². The molecule has 0 bridgehead atoms. The van der Waals surface area contributed by atoms with Crippen LogP contribution in [-0.4, -0.2) is 59.4 Å². The highest BCUT2D eigenvalue weighted by Crippen LogP contribution is 2.19. The minimum Gasteiger partial charge on any atom is -0.480 e. The van der Waals surface area contributed by atoms with E-state index in [1.807, 2.05) is 6.92 Å². The van der Waals surface area contributed by atoms with Crippen molar-refractivity contribution in [2.45, 2.75) is 26.2 Å². The lowest BCUT2D eigenvalue weighted by Crippen LogP contribution is -2.44. The summed E-state index contributed by atoms with van der Waals surface area (Å²) >= 11 is 0. The van der Waals surface area contributed by atoms with Gasteiger partial charge in [0.05, 0.1) is 0 Å². The van der Waals surface area contributed by atoms with E-state index in [4.69, 9.17) is 5.11 Å². The second kappa shape index (κ2) is 6.37. The first-order valence-corrected chi connectivity index (χ1v) is 6.20. The number of rotatable bonds is 4. The third-order valence-electron chi connectivity index (χ3n) is 3.25. The van der Waals surface area contributed by atoms with Gasteiger partial charge in [-0.3, -0.25) is 14.4 Å². The first kappa shape index (κ1) is 14.5. The fourth-order valence-corrected chi connectivity index (χ4v) is 2.19. The van der Waals surface area contributed by atoms with Gasteiger partial charge in [-0.15, -0.1) is 0 Å². The van der Waals surface area contributed by atoms with Crippen LogP contribution in [0.4, 0.5) is 0 Å². The average molecular weight is 256 g/mol. The Morgan fingerprint density at radius 1 is 1.28 bits per heavy atom. The molecule has 0 saturated carbocycles. The van der Waals surface area contributed by atoms with Crippen LogP contribution in [0.1, 0.15) is 26.2 Å². The van der Waals surface area contributed by atoms with Gasteiger partial charge >= 0.3 is 5.97 Å². The van der Waals surface area contributed by atoms with Gasteiger partial charge in [0.15, 0.2) is 0 Å². The number of aliphatic carboxylic acids is 1. The summed E-state index contributed by atoms with van der Waals surface area (Å²) in [6.07, 6.45) is 1.72. The molecule has 1 aliphatic heterocycles. The molecule has 2 amide bonds. The van der Waals surface area contributed by atoms with Gasteiger partial charge in [0.2, 0.25) is 11.8 Å². The summed E-state index contributed by atoms with van der Waals surface area (Å²) in [5.41, 5.74) is 0. The number of hydrogen-bond donors (Lipinski definition) is 1. The summed E-state index contributed by atoms with van der Waals surface area (Å²) in [5, 5.41) is 8.63. The third kappa shape index (κ3) is 3.72. The molecule has 1 fully saturated rings. The molecule has 0 atom stereocenters. The summed E-state index contributed by atoms with van der Waals surface area (Å²) in [6.45, 7) is 2.72. The number of carbonyl (C=O) groups excluding carboxylic acids is 2. The molecule has 1 aliphatic rings. The van der Waals surface area contributed by atoms with Crippen LogP contribution in [0.5, 0.6) is 0 Å². The third-order valence-corrected chi connectivity index (χ3v) is 3.25. The Balaban J connectivity index is 2.45. The number of hydrogen-bond acceptors (Lipinski definition) is 3. The summed E-state index contributed by atoms with van der Waals surface area (Å²) in [7, 11) is 1.50. The van der Waals surface area contributed by atoms with Gasteiger partial charge in [0.1, 0.15) is 6.54 Å². The maximum absolute atomic E-state index is 11.9. The average Bonchev–Trinajstić information content (AvgIpc) is 2.36. The number of carboxylic acids is 1. The van der Waals surface area contributed by atoms with E-state index in [1.54, 1.807) is 4.90 Å². The molecule has 1 heterocycles. The minimum absolute atomic E-state index is 0.111. The van der Waals surface area contributed by atoms with Crippen molar-refractivity contribution in [3.63, 3.8) is 0 Å². The van der Waals surface area contributed by atoms with Crippen molar-refractivity contribution in [3.05, 3.63) is 0 Å². The van der Waals surface area contributed by atoms with E-state index >= 15 is 0 Å². The zero-order valence-electron chi connectivity index (χ0n) is 10.9. The number of amides is 2. The van der Waals surface area contributed by atoms with E-state index in [1.165, 1.54) is 11.9 Å². The maximum atomic E-state index is 11.9. The Bertz CT molecular complexity index is 335. The monoisotopic (exact) mass is 256 g/mol. The number of carboxylic acid groups (broad SMARTS) is 1. The Morgan fingerprint density at radius 3 is 2.28 bits per heavy atom. The van der Waals surface area contributed by atoms with E-state index in [0.717, 1.165) is 0 Å². The number of piperidine rings is 1. The first-order valence-electron chi connectivity index (χ1n) is 6.20. The molecular formula is C12H20N2O4. The van der Waals surface area contributed by atoms with Gasteiger partial charge in [0.25, 0.3) is 0 Å². The van der Waals surface area contributed by atoms with Gasteiger partial charge in [0, 0.05) is 32.5 Å². The summed E-state index contributed by atoms with van der Waals surface area (Å²) < 4.78 is 0. The molecule has 1 saturated heterocycles. The van der Waals surface area contributed by atoms with E-state index in [0.29, 0.717) is 32.4 Å². The van der Waals surface area contributed by atoms with Gasteiger partial charge < -0.3 is 14.9 Å². The minimum atomic E-state index is -1.01. The molecule has 0 unspecified atom stereocenters. The molecule has 0 aromatic rings. The molecular weight excluding hydrogens is 236 g/mol. The van der Waals surface area contributed by atoms with Crippen molar-refractivity contribution in [2.24, 2.45) is 5.92 Å². The highest BCUT2D eigenvalue weighted by atomic mass is 16.4. The van der Waals surface area contributed by atoms with E-state index in [-0.39, 0.29) is 24.3 Å². The molecule has 0 spiro atoms. The molecule has 18 heavy (non-hydrogen) atoms. The predicted molar refractivity (Wildman–Crippen MR) is 64.9 cm³/mol. The van der Waals surface area contributed by atoms with Crippen LogP contribution < -0.4 is 0 Å². The van der Waals surface area contributed by atoms with Crippen LogP contribution in [0.15, 0.2) is 0 Å². The topological polar surface area (TPSA) is 77.9 Å². The SMILES string of the molecule is CCC(=O)N1CCC(C(=O)N(C)CC(=O)O)CC1. The van der Waals surface area contributed by atoms with Crippen molar-refractivity contribution in [1.29, 1.82) is 0 Å². The van der Waals surface area contributed by atoms with Gasteiger partial charge in [-0.1, -0.05) is 6.92 Å². The number of nitrogens with zero attached hydrogens (tertiary/aromatic N) is 2. The van der Waals surface area contributed by atoms with Crippen molar-refractivity contribution < 1.29 is 19.5 Å². The van der Waals surface area contributed by atoms with Gasteiger partial charge in [-0.2, -0.15) is 0 Å². The van der Waals surface area contributed by atoms with Crippen LogP contribution in [0.3, 0.4) is 0 Å². The summed E-state index contributed by atoms with van der Waals surface area (Å²) in [4.78, 5) is 37.0. The van der Waals surface area contributed by atoms with E-state index in [9.17, 15) is 14.4 Å². The fraction of sp³-hybridized carbons (Fsp3) is 0.750. The Hall–Kier alpha value is -1.59. The molecule has 1 rings (SSSR count). The van der Waals surface area contributed by atoms with Crippen LogP contribution in [0, 0.1) is 5.92 Å². The Labute approximate surface area is 107 Å². The highest BCUT2D eigenvalue weighted by molar-refractivity contribution is 5.83. The lowest BCUT2D eigenvalue weighted by atomic mass is 9.95. The largest absolute Gasteiger partial charge is 0.480 e. The molecule has 0 aromatic carbocycles. The van der Waals surface area contributed by atoms with E-state index in [2.05, 4.69) is 0 Å². The molecule has 0 radical (unpaired) electrons. The zero-order chi connectivity index (χ0) is 13.7. The Kier molecular flexibility index (Phi) is 5.12. The highest BCUT2D eigenvalue weighted by Gasteiger charge is 2.28. The number of carbonyl (C=O) groups is 3. The smallest absolute Gasteiger partial charge is 0.323 e. The van der Waals surface area contributed by atoms with Crippen LogP contribution in [0.25, 0.3) is 0 Å². The number of likely N-dealkylation sites (N-methyl/N-ethyl adjacent to an activating group) is 1. The van der Waals surface area contributed by atoms with Crippen molar-refractivity contribution >= 4 is 17.8 Å². The molecule has 6 nitrogen and oxygen atoms in total. The zero-order valence-corrected chi connectivity index (χ0v) is 10.9. The standard InChI is InChI=1S/C12H20N2O4/c1-3-10(15)14-6-4-9(5-7-14)12(18)13(2)8-11(16)17/h9H,3-8H2,1-2H3,(H,16,17). The van der Waals surface area contributed by atoms with E-state index < -0.39 is 5.97 Å². The lowest BCUT2D eigenvalue weighted by molar-refractivity contribution is -0.146. The summed E-state index contributed by atoms with van der Waals surface area (Å²) in [6, 6.07) is 0. The Morgan fingerprint density at radius 2 is 1.83 bits per heavy atom. The molecule has 102 valence electrons. The van der Waals surface area contributed by atoms with Crippen molar-refractivity contribution in [1.82, 2.24) is 9.80 Å². The molecule has 0 aliphatic carbocycles. The first-order chi connectivity index (χ1) is 8.45. The van der Waals surface area contributed by atoms with Crippen LogP contribution >= 0.6 is 0 Å².